The maximum Gasteiger partial charge on any atom is 0.272 e. The molecule has 1 saturated heterocycles. The first-order chi connectivity index (χ1) is 13.5. The summed E-state index contributed by atoms with van der Waals surface area (Å²) in [5, 5.41) is 2.97. The number of hydrogen-bond donors (Lipinski definition) is 1. The molecule has 1 N–H and O–H groups in total. The van der Waals surface area contributed by atoms with E-state index in [0.717, 1.165) is 30.9 Å². The number of pyridine rings is 1. The highest BCUT2D eigenvalue weighted by molar-refractivity contribution is 6.06. The summed E-state index contributed by atoms with van der Waals surface area (Å²) in [5.74, 6) is -0.0544. The van der Waals surface area contributed by atoms with Crippen LogP contribution in [0.2, 0.25) is 0 Å². The molecule has 2 heterocycles. The van der Waals surface area contributed by atoms with Crippen molar-refractivity contribution < 1.29 is 9.59 Å². The van der Waals surface area contributed by atoms with Gasteiger partial charge in [0.15, 0.2) is 0 Å². The quantitative estimate of drug-likeness (QED) is 0.865. The van der Waals surface area contributed by atoms with Crippen LogP contribution in [-0.4, -0.2) is 59.3 Å². The Morgan fingerprint density at radius 1 is 1.11 bits per heavy atom. The zero-order valence-corrected chi connectivity index (χ0v) is 16.8. The Hall–Kier alpha value is -2.73. The third-order valence-corrected chi connectivity index (χ3v) is 5.18. The molecule has 148 valence electrons. The summed E-state index contributed by atoms with van der Waals surface area (Å²) in [6.45, 7) is 10.4. The van der Waals surface area contributed by atoms with Gasteiger partial charge in [0.1, 0.15) is 5.69 Å². The average Bonchev–Trinajstić information content (AvgIpc) is 2.73. The van der Waals surface area contributed by atoms with Gasteiger partial charge in [0, 0.05) is 43.6 Å². The van der Waals surface area contributed by atoms with E-state index in [4.69, 9.17) is 0 Å². The zero-order valence-electron chi connectivity index (χ0n) is 16.8. The lowest BCUT2D eigenvalue weighted by Gasteiger charge is -2.33. The molecule has 0 spiro atoms. The van der Waals surface area contributed by atoms with E-state index in [1.165, 1.54) is 6.20 Å². The molecular weight excluding hydrogens is 352 g/mol. The van der Waals surface area contributed by atoms with Crippen molar-refractivity contribution in [2.24, 2.45) is 0 Å². The lowest BCUT2D eigenvalue weighted by Crippen LogP contribution is -2.48. The van der Waals surface area contributed by atoms with Crippen molar-refractivity contribution in [1.29, 1.82) is 0 Å². The number of anilines is 1. The normalized spacial score (nSPS) is 14.9. The van der Waals surface area contributed by atoms with Crippen LogP contribution in [0.25, 0.3) is 0 Å². The summed E-state index contributed by atoms with van der Waals surface area (Å²) in [6.07, 6.45) is 1.53. The number of rotatable bonds is 5. The second kappa shape index (κ2) is 8.97. The monoisotopic (exact) mass is 380 g/mol. The number of nitrogens with zero attached hydrogens (tertiary/aromatic N) is 3. The Bertz CT molecular complexity index is 842. The molecule has 28 heavy (non-hydrogen) atoms. The Labute approximate surface area is 166 Å². The molecule has 1 aliphatic rings. The first-order valence-electron chi connectivity index (χ1n) is 9.87. The van der Waals surface area contributed by atoms with Crippen LogP contribution in [0.5, 0.6) is 0 Å². The minimum Gasteiger partial charge on any atom is -0.335 e. The number of para-hydroxylation sites is 1. The Balaban J connectivity index is 1.73. The highest BCUT2D eigenvalue weighted by Crippen LogP contribution is 2.24. The van der Waals surface area contributed by atoms with E-state index in [-0.39, 0.29) is 11.8 Å². The topological polar surface area (TPSA) is 65.5 Å². The molecule has 0 unspecified atom stereocenters. The molecule has 6 nitrogen and oxygen atoms in total. The molecule has 0 saturated carbocycles. The van der Waals surface area contributed by atoms with Gasteiger partial charge in [-0.2, -0.15) is 0 Å². The molecule has 2 amide bonds. The average molecular weight is 380 g/mol. The summed E-state index contributed by atoms with van der Waals surface area (Å²) in [7, 11) is 0. The van der Waals surface area contributed by atoms with Crippen molar-refractivity contribution in [2.75, 3.05) is 38.0 Å². The number of likely N-dealkylation sites (N-methyl/N-ethyl adjacent to an activating group) is 1. The van der Waals surface area contributed by atoms with Crippen molar-refractivity contribution in [3.63, 3.8) is 0 Å². The highest BCUT2D eigenvalue weighted by atomic mass is 16.2. The molecular formula is C22H28N4O2. The fourth-order valence-corrected chi connectivity index (χ4v) is 3.43. The van der Waals surface area contributed by atoms with Crippen LogP contribution in [0.1, 0.15) is 53.1 Å². The number of aromatic nitrogens is 1. The molecule has 6 heteroatoms. The minimum atomic E-state index is -0.236. The van der Waals surface area contributed by atoms with Crippen LogP contribution >= 0.6 is 0 Å². The van der Waals surface area contributed by atoms with E-state index in [2.05, 4.69) is 36.0 Å². The van der Waals surface area contributed by atoms with Crippen LogP contribution in [0, 0.1) is 0 Å². The number of hydrogen-bond acceptors (Lipinski definition) is 4. The molecule has 2 aromatic rings. The van der Waals surface area contributed by atoms with Gasteiger partial charge >= 0.3 is 0 Å². The second-order valence-corrected chi connectivity index (χ2v) is 7.35. The van der Waals surface area contributed by atoms with Crippen LogP contribution < -0.4 is 5.32 Å². The van der Waals surface area contributed by atoms with Gasteiger partial charge in [-0.05, 0) is 36.2 Å². The molecule has 1 aliphatic heterocycles. The second-order valence-electron chi connectivity index (χ2n) is 7.35. The molecule has 1 fully saturated rings. The predicted molar refractivity (Wildman–Crippen MR) is 111 cm³/mol. The molecule has 1 aromatic heterocycles. The van der Waals surface area contributed by atoms with Gasteiger partial charge in [-0.3, -0.25) is 14.6 Å². The van der Waals surface area contributed by atoms with E-state index in [9.17, 15) is 9.59 Å². The smallest absolute Gasteiger partial charge is 0.272 e. The standard InChI is InChI=1S/C22H28N4O2/c1-4-25-11-13-26(14-12-25)22(28)20-15-17(9-10-23-20)21(27)24-19-8-6-5-7-18(19)16(2)3/h5-10,15-16H,4,11-14H2,1-3H3,(H,24,27). The maximum atomic E-state index is 12.8. The number of carbonyl (C=O) groups is 2. The van der Waals surface area contributed by atoms with Gasteiger partial charge in [0.2, 0.25) is 0 Å². The van der Waals surface area contributed by atoms with Crippen molar-refractivity contribution in [1.82, 2.24) is 14.8 Å². The Kier molecular flexibility index (Phi) is 6.41. The zero-order chi connectivity index (χ0) is 20.1. The van der Waals surface area contributed by atoms with E-state index in [1.54, 1.807) is 12.1 Å². The minimum absolute atomic E-state index is 0.118. The van der Waals surface area contributed by atoms with E-state index in [0.29, 0.717) is 30.3 Å². The SMILES string of the molecule is CCN1CCN(C(=O)c2cc(C(=O)Nc3ccccc3C(C)C)ccn2)CC1. The fraction of sp³-hybridized carbons (Fsp3) is 0.409. The van der Waals surface area contributed by atoms with Gasteiger partial charge < -0.3 is 15.1 Å². The van der Waals surface area contributed by atoms with Crippen LogP contribution in [-0.2, 0) is 0 Å². The molecule has 0 aliphatic carbocycles. The summed E-state index contributed by atoms with van der Waals surface area (Å²) < 4.78 is 0. The van der Waals surface area contributed by atoms with Crippen LogP contribution in [0.15, 0.2) is 42.6 Å². The van der Waals surface area contributed by atoms with Crippen molar-refractivity contribution in [2.45, 2.75) is 26.7 Å². The van der Waals surface area contributed by atoms with Gasteiger partial charge in [-0.25, -0.2) is 0 Å². The van der Waals surface area contributed by atoms with Gasteiger partial charge in [0.25, 0.3) is 11.8 Å². The lowest BCUT2D eigenvalue weighted by atomic mass is 10.0. The first kappa shape index (κ1) is 20.0. The molecule has 0 radical (unpaired) electrons. The molecule has 1 aromatic carbocycles. The molecule has 0 atom stereocenters. The summed E-state index contributed by atoms with van der Waals surface area (Å²) in [4.78, 5) is 33.9. The Morgan fingerprint density at radius 3 is 2.50 bits per heavy atom. The summed E-state index contributed by atoms with van der Waals surface area (Å²) in [6, 6.07) is 11.0. The summed E-state index contributed by atoms with van der Waals surface area (Å²) in [5.41, 5.74) is 2.62. The van der Waals surface area contributed by atoms with E-state index < -0.39 is 0 Å². The van der Waals surface area contributed by atoms with Gasteiger partial charge in [-0.1, -0.05) is 39.0 Å². The number of carbonyl (C=O) groups excluding carboxylic acids is 2. The van der Waals surface area contributed by atoms with E-state index >= 15 is 0 Å². The van der Waals surface area contributed by atoms with Gasteiger partial charge in [-0.15, -0.1) is 0 Å². The summed E-state index contributed by atoms with van der Waals surface area (Å²) >= 11 is 0. The number of piperazine rings is 1. The number of amides is 2. The number of nitrogens with one attached hydrogen (secondary N) is 1. The molecule has 0 bridgehead atoms. The first-order valence-corrected chi connectivity index (χ1v) is 9.87. The fourth-order valence-electron chi connectivity index (χ4n) is 3.43. The molecule has 3 rings (SSSR count). The highest BCUT2D eigenvalue weighted by Gasteiger charge is 2.23. The third kappa shape index (κ3) is 4.57. The van der Waals surface area contributed by atoms with Crippen molar-refractivity contribution in [3.05, 3.63) is 59.4 Å². The van der Waals surface area contributed by atoms with Crippen LogP contribution in [0.3, 0.4) is 0 Å². The van der Waals surface area contributed by atoms with E-state index in [1.807, 2.05) is 29.2 Å². The van der Waals surface area contributed by atoms with Crippen LogP contribution in [0.4, 0.5) is 5.69 Å². The van der Waals surface area contributed by atoms with Crippen molar-refractivity contribution >= 4 is 17.5 Å². The maximum absolute atomic E-state index is 12.8. The largest absolute Gasteiger partial charge is 0.335 e. The lowest BCUT2D eigenvalue weighted by molar-refractivity contribution is 0.0637. The number of benzene rings is 1. The predicted octanol–water partition coefficient (Wildman–Crippen LogP) is 3.24. The Morgan fingerprint density at radius 2 is 1.82 bits per heavy atom. The van der Waals surface area contributed by atoms with Crippen molar-refractivity contribution in [3.8, 4) is 0 Å². The van der Waals surface area contributed by atoms with Gasteiger partial charge in [0.05, 0.1) is 0 Å². The third-order valence-electron chi connectivity index (χ3n) is 5.18.